The highest BCUT2D eigenvalue weighted by Gasteiger charge is 2.25. The zero-order chi connectivity index (χ0) is 23.5. The van der Waals surface area contributed by atoms with E-state index in [1.165, 1.54) is 6.07 Å². The maximum atomic E-state index is 14.1. The van der Waals surface area contributed by atoms with Crippen LogP contribution in [0.1, 0.15) is 51.9 Å². The maximum absolute atomic E-state index is 14.1. The second-order valence-corrected chi connectivity index (χ2v) is 9.09. The topological polar surface area (TPSA) is 54.8 Å². The van der Waals surface area contributed by atoms with Crippen molar-refractivity contribution in [2.75, 3.05) is 20.2 Å². The minimum absolute atomic E-state index is 0.152. The Bertz CT molecular complexity index is 1240. The number of rotatable bonds is 7. The molecule has 34 heavy (non-hydrogen) atoms. The largest absolute Gasteiger partial charge is 0.481 e. The van der Waals surface area contributed by atoms with Crippen LogP contribution in [0.4, 0.5) is 4.39 Å². The summed E-state index contributed by atoms with van der Waals surface area (Å²) < 4.78 is 19.3. The third-order valence-electron chi connectivity index (χ3n) is 6.74. The molecule has 0 radical (unpaired) electrons. The summed E-state index contributed by atoms with van der Waals surface area (Å²) in [6.45, 7) is 2.95. The molecule has 0 spiro atoms. The number of pyridine rings is 1. The molecule has 0 bridgehead atoms. The van der Waals surface area contributed by atoms with Crippen molar-refractivity contribution >= 4 is 11.5 Å². The first-order chi connectivity index (χ1) is 16.6. The van der Waals surface area contributed by atoms with Gasteiger partial charge in [0.25, 0.3) is 0 Å². The van der Waals surface area contributed by atoms with Crippen LogP contribution >= 0.6 is 0 Å². The zero-order valence-corrected chi connectivity index (χ0v) is 19.3. The molecule has 0 unspecified atom stereocenters. The first kappa shape index (κ1) is 22.4. The van der Waals surface area contributed by atoms with Crippen LogP contribution in [-0.4, -0.2) is 41.6 Å². The van der Waals surface area contributed by atoms with Crippen molar-refractivity contribution in [3.63, 3.8) is 0 Å². The Hall–Kier alpha value is -3.38. The third kappa shape index (κ3) is 4.77. The van der Waals surface area contributed by atoms with Crippen LogP contribution in [0.3, 0.4) is 0 Å². The van der Waals surface area contributed by atoms with Gasteiger partial charge >= 0.3 is 0 Å². The molecule has 5 nitrogen and oxygen atoms in total. The van der Waals surface area contributed by atoms with Crippen molar-refractivity contribution < 1.29 is 13.9 Å². The number of hydrogen-bond donors (Lipinski definition) is 0. The fraction of sp³-hybridized carbons (Fsp3) is 0.321. The van der Waals surface area contributed by atoms with Gasteiger partial charge in [0.15, 0.2) is 5.78 Å². The number of benzene rings is 2. The van der Waals surface area contributed by atoms with E-state index in [9.17, 15) is 9.18 Å². The molecule has 174 valence electrons. The lowest BCUT2D eigenvalue weighted by Gasteiger charge is -2.32. The van der Waals surface area contributed by atoms with Gasteiger partial charge in [0.2, 0.25) is 5.88 Å². The third-order valence-corrected chi connectivity index (χ3v) is 6.74. The molecule has 2 aliphatic heterocycles. The van der Waals surface area contributed by atoms with Gasteiger partial charge in [0.1, 0.15) is 5.82 Å². The summed E-state index contributed by atoms with van der Waals surface area (Å²) in [5, 5.41) is 0. The molecule has 1 fully saturated rings. The van der Waals surface area contributed by atoms with Crippen molar-refractivity contribution in [1.82, 2.24) is 9.88 Å². The number of ketones is 1. The highest BCUT2D eigenvalue weighted by atomic mass is 19.1. The van der Waals surface area contributed by atoms with E-state index in [2.05, 4.69) is 9.88 Å². The van der Waals surface area contributed by atoms with E-state index in [-0.39, 0.29) is 17.5 Å². The molecule has 0 saturated carbocycles. The predicted molar refractivity (Wildman–Crippen MR) is 130 cm³/mol. The summed E-state index contributed by atoms with van der Waals surface area (Å²) in [7, 11) is 1.59. The summed E-state index contributed by atoms with van der Waals surface area (Å²) in [6.07, 6.45) is 4.26. The zero-order valence-electron chi connectivity index (χ0n) is 19.3. The van der Waals surface area contributed by atoms with Gasteiger partial charge in [-0.05, 0) is 49.1 Å². The highest BCUT2D eigenvalue weighted by Crippen LogP contribution is 2.28. The lowest BCUT2D eigenvalue weighted by atomic mass is 9.89. The highest BCUT2D eigenvalue weighted by molar-refractivity contribution is 6.16. The molecule has 1 aromatic heterocycles. The average molecular weight is 458 g/mol. The molecule has 0 N–H and O–H groups in total. The summed E-state index contributed by atoms with van der Waals surface area (Å²) in [5.41, 5.74) is 5.37. The number of nitrogens with zero attached hydrogens (tertiary/aromatic N) is 3. The SMILES string of the molecule is COc1cc(C2=NCc3ccc(C(=O)C[C@@H]4CCCN(Cc5ccccc5F)C4)cc32)ccn1. The van der Waals surface area contributed by atoms with E-state index in [4.69, 9.17) is 9.73 Å². The van der Waals surface area contributed by atoms with Crippen molar-refractivity contribution in [2.24, 2.45) is 10.9 Å². The minimum atomic E-state index is -0.164. The number of ether oxygens (including phenoxy) is 1. The fourth-order valence-electron chi connectivity index (χ4n) is 4.98. The standard InChI is InChI=1S/C28H28FN3O2/c1-34-27-15-21(10-11-30-27)28-24-14-20(8-9-22(24)16-31-28)26(33)13-19-5-4-12-32(17-19)18-23-6-2-3-7-25(23)29/h2-3,6-11,14-15,19H,4-5,12-13,16-18H2,1H3/t19-/m0/s1. The number of aromatic nitrogens is 1. The lowest BCUT2D eigenvalue weighted by molar-refractivity contribution is 0.0912. The Morgan fingerprint density at radius 1 is 1.18 bits per heavy atom. The fourth-order valence-corrected chi connectivity index (χ4v) is 4.98. The number of hydrogen-bond acceptors (Lipinski definition) is 5. The molecular formula is C28H28FN3O2. The van der Waals surface area contributed by atoms with E-state index in [1.54, 1.807) is 19.4 Å². The second-order valence-electron chi connectivity index (χ2n) is 9.09. The summed E-state index contributed by atoms with van der Waals surface area (Å²) >= 11 is 0. The Labute approximate surface area is 199 Å². The number of halogens is 1. The second kappa shape index (κ2) is 9.85. The molecule has 2 aromatic carbocycles. The molecule has 2 aliphatic rings. The molecule has 3 aromatic rings. The van der Waals surface area contributed by atoms with Gasteiger partial charge in [0.05, 0.1) is 19.4 Å². The van der Waals surface area contributed by atoms with Gasteiger partial charge < -0.3 is 4.74 Å². The molecular weight excluding hydrogens is 429 g/mol. The number of likely N-dealkylation sites (tertiary alicyclic amines) is 1. The molecule has 1 saturated heterocycles. The minimum Gasteiger partial charge on any atom is -0.481 e. The average Bonchev–Trinajstić information content (AvgIpc) is 3.29. The van der Waals surface area contributed by atoms with Crippen LogP contribution < -0.4 is 4.74 Å². The first-order valence-electron chi connectivity index (χ1n) is 11.8. The Morgan fingerprint density at radius 3 is 2.91 bits per heavy atom. The lowest BCUT2D eigenvalue weighted by Crippen LogP contribution is -2.36. The van der Waals surface area contributed by atoms with Gasteiger partial charge in [-0.25, -0.2) is 9.37 Å². The molecule has 6 heteroatoms. The number of methoxy groups -OCH3 is 1. The number of piperidine rings is 1. The molecule has 5 rings (SSSR count). The van der Waals surface area contributed by atoms with Crippen LogP contribution in [-0.2, 0) is 13.1 Å². The quantitative estimate of drug-likeness (QED) is 0.465. The van der Waals surface area contributed by atoms with Crippen LogP contribution in [0, 0.1) is 11.7 Å². The van der Waals surface area contributed by atoms with Crippen LogP contribution in [0.15, 0.2) is 65.8 Å². The van der Waals surface area contributed by atoms with E-state index >= 15 is 0 Å². The Balaban J connectivity index is 1.27. The number of fused-ring (bicyclic) bond motifs is 1. The number of aliphatic imine (C=N–C) groups is 1. The van der Waals surface area contributed by atoms with Crippen molar-refractivity contribution in [3.05, 3.63) is 94.4 Å². The van der Waals surface area contributed by atoms with Gasteiger partial charge in [-0.3, -0.25) is 14.7 Å². The van der Waals surface area contributed by atoms with Crippen LogP contribution in [0.25, 0.3) is 0 Å². The van der Waals surface area contributed by atoms with Crippen LogP contribution in [0.2, 0.25) is 0 Å². The summed E-state index contributed by atoms with van der Waals surface area (Å²) in [4.78, 5) is 24.4. The van der Waals surface area contributed by atoms with Gasteiger partial charge in [-0.2, -0.15) is 0 Å². The molecule has 3 heterocycles. The smallest absolute Gasteiger partial charge is 0.213 e. The predicted octanol–water partition coefficient (Wildman–Crippen LogP) is 5.07. The Morgan fingerprint density at radius 2 is 2.06 bits per heavy atom. The molecule has 1 atom stereocenters. The molecule has 0 amide bonds. The van der Waals surface area contributed by atoms with Crippen molar-refractivity contribution in [2.45, 2.75) is 32.4 Å². The molecule has 0 aliphatic carbocycles. The van der Waals surface area contributed by atoms with E-state index < -0.39 is 0 Å². The van der Waals surface area contributed by atoms with E-state index in [0.29, 0.717) is 31.0 Å². The van der Waals surface area contributed by atoms with Gasteiger partial charge in [-0.15, -0.1) is 0 Å². The van der Waals surface area contributed by atoms with Crippen LogP contribution in [0.5, 0.6) is 5.88 Å². The normalized spacial score (nSPS) is 17.8. The number of carbonyl (C=O) groups is 1. The first-order valence-corrected chi connectivity index (χ1v) is 11.8. The van der Waals surface area contributed by atoms with Crippen molar-refractivity contribution in [1.29, 1.82) is 0 Å². The van der Waals surface area contributed by atoms with Gasteiger partial charge in [-0.1, -0.05) is 30.3 Å². The maximum Gasteiger partial charge on any atom is 0.213 e. The van der Waals surface area contributed by atoms with Gasteiger partial charge in [0, 0.05) is 54.0 Å². The summed E-state index contributed by atoms with van der Waals surface area (Å²) in [5.74, 6) is 0.805. The van der Waals surface area contributed by atoms with E-state index in [0.717, 1.165) is 53.9 Å². The summed E-state index contributed by atoms with van der Waals surface area (Å²) in [6, 6.07) is 16.6. The van der Waals surface area contributed by atoms with Crippen molar-refractivity contribution in [3.8, 4) is 5.88 Å². The van der Waals surface area contributed by atoms with E-state index in [1.807, 2.05) is 42.5 Å². The monoisotopic (exact) mass is 457 g/mol. The number of carbonyl (C=O) groups excluding carboxylic acids is 1. The Kier molecular flexibility index (Phi) is 6.50. The number of Topliss-reactive ketones (excluding diaryl/α,β-unsaturated/α-hetero) is 1.